The fourth-order valence-electron chi connectivity index (χ4n) is 3.16. The van der Waals surface area contributed by atoms with Crippen LogP contribution in [0.25, 0.3) is 11.3 Å². The van der Waals surface area contributed by atoms with E-state index in [9.17, 15) is 0 Å². The Morgan fingerprint density at radius 1 is 0.885 bits per heavy atom. The standard InChI is InChI=1S/C21H31N5/c1-23(2)12-15-25(4)19-10-8-18(9-11-19)20-6-5-7-21(22-20)26-16-13-24(3)14-17-26/h5-11H,12-17H2,1-4H3. The number of rotatable bonds is 6. The molecule has 0 bridgehead atoms. The molecule has 1 aromatic heterocycles. The van der Waals surface area contributed by atoms with Crippen LogP contribution in [0.1, 0.15) is 0 Å². The number of piperazine rings is 1. The van der Waals surface area contributed by atoms with E-state index in [-0.39, 0.29) is 0 Å². The highest BCUT2D eigenvalue weighted by Gasteiger charge is 2.15. The first-order valence-electron chi connectivity index (χ1n) is 9.40. The summed E-state index contributed by atoms with van der Waals surface area (Å²) in [6.45, 7) is 6.35. The van der Waals surface area contributed by atoms with Gasteiger partial charge in [0, 0.05) is 57.6 Å². The summed E-state index contributed by atoms with van der Waals surface area (Å²) in [7, 11) is 8.54. The molecule has 0 spiro atoms. The van der Waals surface area contributed by atoms with Crippen LogP contribution < -0.4 is 9.80 Å². The second kappa shape index (κ2) is 8.52. The van der Waals surface area contributed by atoms with Crippen molar-refractivity contribution in [2.45, 2.75) is 0 Å². The molecule has 0 N–H and O–H groups in total. The average molecular weight is 354 g/mol. The minimum atomic E-state index is 1.02. The minimum absolute atomic E-state index is 1.02. The van der Waals surface area contributed by atoms with Gasteiger partial charge in [0.2, 0.25) is 0 Å². The second-order valence-corrected chi connectivity index (χ2v) is 7.44. The molecule has 1 aliphatic heterocycles. The van der Waals surface area contributed by atoms with E-state index in [4.69, 9.17) is 4.98 Å². The Bertz CT molecular complexity index is 690. The van der Waals surface area contributed by atoms with Gasteiger partial charge in [0.15, 0.2) is 0 Å². The zero-order chi connectivity index (χ0) is 18.5. The lowest BCUT2D eigenvalue weighted by Crippen LogP contribution is -2.44. The quantitative estimate of drug-likeness (QED) is 0.795. The molecule has 0 aliphatic carbocycles. The smallest absolute Gasteiger partial charge is 0.129 e. The van der Waals surface area contributed by atoms with Crippen molar-refractivity contribution in [2.75, 3.05) is 77.3 Å². The Morgan fingerprint density at radius 3 is 2.23 bits per heavy atom. The third-order valence-electron chi connectivity index (χ3n) is 5.05. The minimum Gasteiger partial charge on any atom is -0.373 e. The summed E-state index contributed by atoms with van der Waals surface area (Å²) in [5, 5.41) is 0. The van der Waals surface area contributed by atoms with Crippen molar-refractivity contribution in [1.29, 1.82) is 0 Å². The topological polar surface area (TPSA) is 25.9 Å². The van der Waals surface area contributed by atoms with E-state index in [0.29, 0.717) is 0 Å². The Kier molecular flexibility index (Phi) is 6.12. The molecule has 1 fully saturated rings. The third-order valence-corrected chi connectivity index (χ3v) is 5.05. The van der Waals surface area contributed by atoms with Crippen LogP contribution in [0.15, 0.2) is 42.5 Å². The van der Waals surface area contributed by atoms with Crippen molar-refractivity contribution in [3.05, 3.63) is 42.5 Å². The number of hydrogen-bond acceptors (Lipinski definition) is 5. The van der Waals surface area contributed by atoms with E-state index < -0.39 is 0 Å². The fraction of sp³-hybridized carbons (Fsp3) is 0.476. The molecule has 1 saturated heterocycles. The number of nitrogens with zero attached hydrogens (tertiary/aromatic N) is 5. The first kappa shape index (κ1) is 18.7. The monoisotopic (exact) mass is 353 g/mol. The molecule has 1 aliphatic rings. The van der Waals surface area contributed by atoms with Crippen LogP contribution in [0.4, 0.5) is 11.5 Å². The number of anilines is 2. The molecule has 0 saturated carbocycles. The number of likely N-dealkylation sites (N-methyl/N-ethyl adjacent to an activating group) is 3. The van der Waals surface area contributed by atoms with Crippen LogP contribution in [-0.2, 0) is 0 Å². The van der Waals surface area contributed by atoms with Crippen LogP contribution in [0.5, 0.6) is 0 Å². The summed E-state index contributed by atoms with van der Waals surface area (Å²) >= 11 is 0. The molecule has 0 unspecified atom stereocenters. The Labute approximate surface area is 157 Å². The van der Waals surface area contributed by atoms with Crippen molar-refractivity contribution in [2.24, 2.45) is 0 Å². The van der Waals surface area contributed by atoms with Crippen molar-refractivity contribution < 1.29 is 0 Å². The molecular formula is C21H31N5. The van der Waals surface area contributed by atoms with Gasteiger partial charge in [-0.25, -0.2) is 4.98 Å². The van der Waals surface area contributed by atoms with Gasteiger partial charge in [0.1, 0.15) is 5.82 Å². The number of pyridine rings is 1. The van der Waals surface area contributed by atoms with Crippen molar-refractivity contribution >= 4 is 11.5 Å². The highest BCUT2D eigenvalue weighted by Crippen LogP contribution is 2.24. The maximum atomic E-state index is 4.91. The normalized spacial score (nSPS) is 15.5. The highest BCUT2D eigenvalue weighted by atomic mass is 15.3. The average Bonchev–Trinajstić information content (AvgIpc) is 2.67. The van der Waals surface area contributed by atoms with E-state index in [1.54, 1.807) is 0 Å². The van der Waals surface area contributed by atoms with Gasteiger partial charge in [-0.2, -0.15) is 0 Å². The van der Waals surface area contributed by atoms with Crippen molar-refractivity contribution in [3.63, 3.8) is 0 Å². The Morgan fingerprint density at radius 2 is 1.58 bits per heavy atom. The van der Waals surface area contributed by atoms with E-state index in [0.717, 1.165) is 50.8 Å². The molecule has 0 amide bonds. The molecule has 2 heterocycles. The number of benzene rings is 1. The van der Waals surface area contributed by atoms with Gasteiger partial charge in [0.05, 0.1) is 5.69 Å². The Hall–Kier alpha value is -2.11. The van der Waals surface area contributed by atoms with Crippen molar-refractivity contribution in [1.82, 2.24) is 14.8 Å². The first-order chi connectivity index (χ1) is 12.5. The molecule has 1 aromatic carbocycles. The summed E-state index contributed by atoms with van der Waals surface area (Å²) in [5.74, 6) is 1.09. The summed E-state index contributed by atoms with van der Waals surface area (Å²) < 4.78 is 0. The van der Waals surface area contributed by atoms with Gasteiger partial charge >= 0.3 is 0 Å². The van der Waals surface area contributed by atoms with Crippen LogP contribution in [-0.4, -0.2) is 82.2 Å². The lowest BCUT2D eigenvalue weighted by atomic mass is 10.1. The zero-order valence-corrected chi connectivity index (χ0v) is 16.5. The second-order valence-electron chi connectivity index (χ2n) is 7.44. The maximum Gasteiger partial charge on any atom is 0.129 e. The van der Waals surface area contributed by atoms with Gasteiger partial charge in [-0.05, 0) is 45.4 Å². The Balaban J connectivity index is 1.70. The zero-order valence-electron chi connectivity index (χ0n) is 16.5. The van der Waals surface area contributed by atoms with Gasteiger partial charge in [0.25, 0.3) is 0 Å². The molecule has 26 heavy (non-hydrogen) atoms. The number of aromatic nitrogens is 1. The molecule has 0 radical (unpaired) electrons. The van der Waals surface area contributed by atoms with E-state index in [1.165, 1.54) is 11.3 Å². The third kappa shape index (κ3) is 4.74. The van der Waals surface area contributed by atoms with Crippen LogP contribution in [0, 0.1) is 0 Å². The fourth-order valence-corrected chi connectivity index (χ4v) is 3.16. The lowest BCUT2D eigenvalue weighted by Gasteiger charge is -2.33. The summed E-state index contributed by atoms with van der Waals surface area (Å²) in [5.41, 5.74) is 3.46. The van der Waals surface area contributed by atoms with Gasteiger partial charge < -0.3 is 19.6 Å². The van der Waals surface area contributed by atoms with Gasteiger partial charge in [-0.1, -0.05) is 18.2 Å². The molecule has 0 atom stereocenters. The van der Waals surface area contributed by atoms with Crippen molar-refractivity contribution in [3.8, 4) is 11.3 Å². The first-order valence-corrected chi connectivity index (χ1v) is 9.40. The number of hydrogen-bond donors (Lipinski definition) is 0. The highest BCUT2D eigenvalue weighted by molar-refractivity contribution is 5.64. The molecule has 2 aromatic rings. The van der Waals surface area contributed by atoms with Crippen LogP contribution in [0.2, 0.25) is 0 Å². The van der Waals surface area contributed by atoms with Gasteiger partial charge in [-0.3, -0.25) is 0 Å². The predicted molar refractivity (Wildman–Crippen MR) is 111 cm³/mol. The molecule has 140 valence electrons. The molecular weight excluding hydrogens is 322 g/mol. The summed E-state index contributed by atoms with van der Waals surface area (Å²) in [6, 6.07) is 15.1. The largest absolute Gasteiger partial charge is 0.373 e. The van der Waals surface area contributed by atoms with Gasteiger partial charge in [-0.15, -0.1) is 0 Å². The molecule has 3 rings (SSSR count). The lowest BCUT2D eigenvalue weighted by molar-refractivity contribution is 0.312. The summed E-state index contributed by atoms with van der Waals surface area (Å²) in [6.07, 6.45) is 0. The van der Waals surface area contributed by atoms with Crippen LogP contribution in [0.3, 0.4) is 0 Å². The van der Waals surface area contributed by atoms with E-state index >= 15 is 0 Å². The van der Waals surface area contributed by atoms with E-state index in [1.807, 2.05) is 0 Å². The maximum absolute atomic E-state index is 4.91. The SMILES string of the molecule is CN(C)CCN(C)c1ccc(-c2cccc(N3CCN(C)CC3)n2)cc1. The molecule has 5 heteroatoms. The van der Waals surface area contributed by atoms with Crippen LogP contribution >= 0.6 is 0 Å². The predicted octanol–water partition coefficient (Wildman–Crippen LogP) is 2.50. The molecule has 5 nitrogen and oxygen atoms in total. The summed E-state index contributed by atoms with van der Waals surface area (Å²) in [4.78, 5) is 14.2. The van der Waals surface area contributed by atoms with E-state index in [2.05, 4.69) is 90.3 Å².